The number of rotatable bonds is 7. The van der Waals surface area contributed by atoms with Crippen LogP contribution in [0.5, 0.6) is 11.6 Å². The van der Waals surface area contributed by atoms with Crippen LogP contribution in [0.15, 0.2) is 41.6 Å². The average Bonchev–Trinajstić information content (AvgIpc) is 3.35. The molecule has 0 bridgehead atoms. The predicted octanol–water partition coefficient (Wildman–Crippen LogP) is 3.17. The Bertz CT molecular complexity index is 1690. The number of nitriles is 1. The van der Waals surface area contributed by atoms with Crippen molar-refractivity contribution in [1.82, 2.24) is 15.0 Å². The number of carbonyl (C=O) groups excluding carboxylic acids is 1. The Kier molecular flexibility index (Phi) is 7.65. The van der Waals surface area contributed by atoms with Crippen molar-refractivity contribution in [2.24, 2.45) is 5.92 Å². The van der Waals surface area contributed by atoms with Crippen LogP contribution in [0.4, 0.5) is 23.0 Å². The van der Waals surface area contributed by atoms with E-state index in [-0.39, 0.29) is 34.6 Å². The fourth-order valence-electron chi connectivity index (χ4n) is 4.75. The molecule has 1 amide bonds. The Labute approximate surface area is 243 Å². The van der Waals surface area contributed by atoms with E-state index < -0.39 is 15.4 Å². The average molecular weight is 594 g/mol. The van der Waals surface area contributed by atoms with Crippen molar-refractivity contribution in [1.29, 1.82) is 5.26 Å². The summed E-state index contributed by atoms with van der Waals surface area (Å²) in [7, 11) is -2.15. The highest BCUT2D eigenvalue weighted by atomic mass is 32.2. The van der Waals surface area contributed by atoms with Gasteiger partial charge in [-0.1, -0.05) is 0 Å². The van der Waals surface area contributed by atoms with Gasteiger partial charge in [-0.15, -0.1) is 0 Å². The third-order valence-electron chi connectivity index (χ3n) is 6.78. The van der Waals surface area contributed by atoms with Gasteiger partial charge in [0.05, 0.1) is 29.5 Å². The molecule has 1 saturated heterocycles. The minimum Gasteiger partial charge on any atom is -0.479 e. The molecular formula is C28H31N7O6S. The second kappa shape index (κ2) is 11.1. The molecule has 2 N–H and O–H groups in total. The molecule has 0 unspecified atom stereocenters. The number of sulfone groups is 1. The van der Waals surface area contributed by atoms with Gasteiger partial charge in [-0.05, 0) is 32.0 Å². The molecule has 0 saturated carbocycles. The molecule has 2 aliphatic rings. The number of hydrogen-bond acceptors (Lipinski definition) is 12. The van der Waals surface area contributed by atoms with E-state index in [9.17, 15) is 18.5 Å². The molecule has 1 fully saturated rings. The third-order valence-corrected chi connectivity index (χ3v) is 7.75. The van der Waals surface area contributed by atoms with Crippen molar-refractivity contribution in [3.05, 3.63) is 36.5 Å². The van der Waals surface area contributed by atoms with E-state index in [1.807, 2.05) is 18.7 Å². The van der Waals surface area contributed by atoms with E-state index in [2.05, 4.69) is 31.7 Å². The molecule has 3 aromatic rings. The van der Waals surface area contributed by atoms with Gasteiger partial charge in [-0.25, -0.2) is 23.4 Å². The fourth-order valence-corrected chi connectivity index (χ4v) is 5.35. The molecule has 42 heavy (non-hydrogen) atoms. The molecule has 13 nitrogen and oxygen atoms in total. The van der Waals surface area contributed by atoms with Crippen molar-refractivity contribution < 1.29 is 27.4 Å². The van der Waals surface area contributed by atoms with Crippen molar-refractivity contribution in [2.75, 3.05) is 48.6 Å². The predicted molar refractivity (Wildman–Crippen MR) is 155 cm³/mol. The Balaban J connectivity index is 1.57. The summed E-state index contributed by atoms with van der Waals surface area (Å²) in [5, 5.41) is 15.3. The third kappa shape index (κ3) is 6.22. The highest BCUT2D eigenvalue weighted by Crippen LogP contribution is 2.38. The molecular weight excluding hydrogens is 562 g/mol. The summed E-state index contributed by atoms with van der Waals surface area (Å²) in [4.78, 5) is 27.0. The van der Waals surface area contributed by atoms with Gasteiger partial charge in [0.25, 0.3) is 5.88 Å². The van der Waals surface area contributed by atoms with Crippen molar-refractivity contribution in [3.63, 3.8) is 0 Å². The first-order valence-electron chi connectivity index (χ1n) is 13.1. The topological polar surface area (TPSA) is 169 Å². The Hall–Kier alpha value is -4.48. The summed E-state index contributed by atoms with van der Waals surface area (Å²) in [5.74, 6) is 0.650. The molecule has 0 aromatic carbocycles. The lowest BCUT2D eigenvalue weighted by molar-refractivity contribution is -0.114. The highest BCUT2D eigenvalue weighted by Gasteiger charge is 2.34. The van der Waals surface area contributed by atoms with Gasteiger partial charge in [0, 0.05) is 63.0 Å². The van der Waals surface area contributed by atoms with Crippen LogP contribution in [0.1, 0.15) is 20.8 Å². The minimum atomic E-state index is -3.70. The van der Waals surface area contributed by atoms with Crippen LogP contribution in [0.3, 0.4) is 0 Å². The molecule has 3 aromatic heterocycles. The van der Waals surface area contributed by atoms with E-state index >= 15 is 0 Å². The highest BCUT2D eigenvalue weighted by molar-refractivity contribution is 7.90. The maximum atomic E-state index is 12.6. The normalized spacial score (nSPS) is 19.2. The lowest BCUT2D eigenvalue weighted by Gasteiger charge is -2.31. The molecule has 2 aliphatic heterocycles. The lowest BCUT2D eigenvalue weighted by Crippen LogP contribution is -2.39. The second-order valence-corrected chi connectivity index (χ2v) is 12.8. The fraction of sp³-hybridized carbons (Fsp3) is 0.393. The maximum Gasteiger partial charge on any atom is 0.257 e. The smallest absolute Gasteiger partial charge is 0.257 e. The molecule has 220 valence electrons. The first-order valence-corrected chi connectivity index (χ1v) is 15.0. The number of fused-ring (bicyclic) bond motifs is 1. The molecule has 5 heterocycles. The zero-order valence-electron chi connectivity index (χ0n) is 23.8. The van der Waals surface area contributed by atoms with Crippen LogP contribution in [0.25, 0.3) is 11.3 Å². The lowest BCUT2D eigenvalue weighted by atomic mass is 10.1. The first kappa shape index (κ1) is 29.0. The molecule has 2 atom stereocenters. The van der Waals surface area contributed by atoms with Crippen LogP contribution >= 0.6 is 0 Å². The zero-order valence-corrected chi connectivity index (χ0v) is 24.7. The summed E-state index contributed by atoms with van der Waals surface area (Å²) < 4.78 is 42.5. The zero-order chi connectivity index (χ0) is 30.2. The standard InChI is InChI=1S/C28H31N7O6S/c1-16(36)31-24-10-21(19(12-30-24)20-6-7-22-27(33-20)40-15-28(2,3)41-22)32-25-8-18(9-26(34-25)42(5,37)38)35-13-17(11-29)23(14-35)39-4/h6-10,12,17,23H,13-15H2,1-5H3,(H2,30,31,32,34,36)/t17-,23+/m1/s1. The number of nitrogens with one attached hydrogen (secondary N) is 2. The van der Waals surface area contributed by atoms with Crippen LogP contribution in [-0.4, -0.2) is 74.0 Å². The number of pyridine rings is 3. The van der Waals surface area contributed by atoms with E-state index in [0.29, 0.717) is 54.0 Å². The number of aromatic nitrogens is 3. The summed E-state index contributed by atoms with van der Waals surface area (Å²) in [6.07, 6.45) is 2.30. The number of hydrogen-bond donors (Lipinski definition) is 2. The summed E-state index contributed by atoms with van der Waals surface area (Å²) >= 11 is 0. The van der Waals surface area contributed by atoms with Crippen LogP contribution < -0.4 is 25.0 Å². The van der Waals surface area contributed by atoms with E-state index in [1.165, 1.54) is 13.0 Å². The monoisotopic (exact) mass is 593 g/mol. The summed E-state index contributed by atoms with van der Waals surface area (Å²) in [6, 6.07) is 10.6. The number of nitrogens with zero attached hydrogens (tertiary/aromatic N) is 5. The minimum absolute atomic E-state index is 0.144. The van der Waals surface area contributed by atoms with Gasteiger partial charge in [0.2, 0.25) is 5.91 Å². The van der Waals surface area contributed by atoms with Crippen molar-refractivity contribution in [3.8, 4) is 29.0 Å². The maximum absolute atomic E-state index is 12.6. The number of methoxy groups -OCH3 is 1. The Morgan fingerprint density at radius 3 is 2.64 bits per heavy atom. The number of carbonyl (C=O) groups is 1. The van der Waals surface area contributed by atoms with Crippen molar-refractivity contribution in [2.45, 2.75) is 37.5 Å². The van der Waals surface area contributed by atoms with Gasteiger partial charge < -0.3 is 29.7 Å². The molecule has 14 heteroatoms. The first-order chi connectivity index (χ1) is 19.8. The van der Waals surface area contributed by atoms with Crippen molar-refractivity contribution >= 4 is 38.8 Å². The van der Waals surface area contributed by atoms with E-state index in [1.54, 1.807) is 37.6 Å². The van der Waals surface area contributed by atoms with Gasteiger partial charge in [-0.2, -0.15) is 5.26 Å². The van der Waals surface area contributed by atoms with Gasteiger partial charge in [0.1, 0.15) is 23.8 Å². The molecule has 0 radical (unpaired) electrons. The second-order valence-electron chi connectivity index (χ2n) is 10.8. The van der Waals surface area contributed by atoms with Gasteiger partial charge in [-0.3, -0.25) is 4.79 Å². The Morgan fingerprint density at radius 1 is 1.19 bits per heavy atom. The quantitative estimate of drug-likeness (QED) is 0.411. The van der Waals surface area contributed by atoms with Crippen LogP contribution in [0.2, 0.25) is 0 Å². The van der Waals surface area contributed by atoms with Gasteiger partial charge >= 0.3 is 0 Å². The molecule has 0 aliphatic carbocycles. The summed E-state index contributed by atoms with van der Waals surface area (Å²) in [5.41, 5.74) is 1.56. The number of amides is 1. The van der Waals surface area contributed by atoms with E-state index in [0.717, 1.165) is 6.26 Å². The van der Waals surface area contributed by atoms with Crippen LogP contribution in [-0.2, 0) is 19.4 Å². The molecule has 0 spiro atoms. The van der Waals surface area contributed by atoms with E-state index in [4.69, 9.17) is 14.2 Å². The van der Waals surface area contributed by atoms with Crippen LogP contribution in [0, 0.1) is 17.2 Å². The summed E-state index contributed by atoms with van der Waals surface area (Å²) in [6.45, 7) is 6.30. The number of anilines is 4. The Morgan fingerprint density at radius 2 is 1.98 bits per heavy atom. The SMILES string of the molecule is CO[C@H]1CN(c2cc(Nc3cc(NC(C)=O)ncc3-c3ccc4c(n3)OCC(C)(C)O4)nc(S(C)(=O)=O)c2)C[C@H]1C#N. The largest absolute Gasteiger partial charge is 0.479 e. The number of ether oxygens (including phenoxy) is 3. The molecule has 5 rings (SSSR count). The van der Waals surface area contributed by atoms with Gasteiger partial charge in [0.15, 0.2) is 20.6 Å².